The molecule has 0 aromatic rings. The van der Waals surface area contributed by atoms with E-state index in [1.165, 1.54) is 38.9 Å². The first-order valence-electron chi connectivity index (χ1n) is 5.81. The minimum Gasteiger partial charge on any atom is -0.310 e. The van der Waals surface area contributed by atoms with Crippen molar-refractivity contribution in [2.45, 2.75) is 44.7 Å². The molecule has 0 unspecified atom stereocenters. The summed E-state index contributed by atoms with van der Waals surface area (Å²) in [6.45, 7) is 8.26. The van der Waals surface area contributed by atoms with Gasteiger partial charge in [0, 0.05) is 18.1 Å². The maximum Gasteiger partial charge on any atom is 0.0252 e. The zero-order chi connectivity index (χ0) is 10.0. The molecule has 0 aromatic heterocycles. The predicted molar refractivity (Wildman–Crippen MR) is 60.4 cm³/mol. The molecular weight excluding hydrogens is 172 g/mol. The van der Waals surface area contributed by atoms with E-state index in [-0.39, 0.29) is 0 Å². The summed E-state index contributed by atoms with van der Waals surface area (Å²) in [5.74, 6) is 0. The molecule has 1 saturated heterocycles. The zero-order valence-corrected chi connectivity index (χ0v) is 9.42. The van der Waals surface area contributed by atoms with Crippen LogP contribution in [0.3, 0.4) is 0 Å². The average molecular weight is 194 g/mol. The molecule has 1 aliphatic carbocycles. The lowest BCUT2D eigenvalue weighted by atomic mass is 10.0. The number of hydrogen-bond donors (Lipinski definition) is 1. The number of nitrogens with zero attached hydrogens (tertiary/aromatic N) is 1. The van der Waals surface area contributed by atoms with Gasteiger partial charge in [-0.25, -0.2) is 0 Å². The Morgan fingerprint density at radius 1 is 1.29 bits per heavy atom. The van der Waals surface area contributed by atoms with Crippen molar-refractivity contribution in [1.82, 2.24) is 10.2 Å². The second-order valence-corrected chi connectivity index (χ2v) is 5.23. The summed E-state index contributed by atoms with van der Waals surface area (Å²) in [6.07, 6.45) is 8.47. The van der Waals surface area contributed by atoms with Crippen LogP contribution in [0.4, 0.5) is 0 Å². The third-order valence-electron chi connectivity index (χ3n) is 3.32. The molecule has 1 N–H and O–H groups in total. The maximum absolute atomic E-state index is 3.61. The van der Waals surface area contributed by atoms with Crippen LogP contribution in [0.2, 0.25) is 0 Å². The first-order chi connectivity index (χ1) is 6.67. The first-order valence-corrected chi connectivity index (χ1v) is 5.81. The predicted octanol–water partition coefficient (Wildman–Crippen LogP) is 1.78. The van der Waals surface area contributed by atoms with E-state index in [0.717, 1.165) is 6.04 Å². The Morgan fingerprint density at radius 2 is 2.00 bits per heavy atom. The van der Waals surface area contributed by atoms with Crippen LogP contribution < -0.4 is 5.32 Å². The molecule has 0 bridgehead atoms. The molecule has 2 aliphatic rings. The average Bonchev–Trinajstić information content (AvgIpc) is 2.57. The molecule has 0 aromatic carbocycles. The van der Waals surface area contributed by atoms with Gasteiger partial charge in [-0.2, -0.15) is 0 Å². The second kappa shape index (κ2) is 4.03. The van der Waals surface area contributed by atoms with Gasteiger partial charge in [0.05, 0.1) is 0 Å². The normalized spacial score (nSPS) is 29.3. The molecule has 2 rings (SSSR count). The molecule has 1 heterocycles. The van der Waals surface area contributed by atoms with Gasteiger partial charge in [-0.15, -0.1) is 0 Å². The molecule has 0 saturated carbocycles. The van der Waals surface area contributed by atoms with E-state index >= 15 is 0 Å². The minimum atomic E-state index is 0.291. The molecule has 0 atom stereocenters. The summed E-state index contributed by atoms with van der Waals surface area (Å²) >= 11 is 0. The van der Waals surface area contributed by atoms with E-state index in [2.05, 4.69) is 36.2 Å². The third-order valence-corrected chi connectivity index (χ3v) is 3.32. The minimum absolute atomic E-state index is 0.291. The highest BCUT2D eigenvalue weighted by molar-refractivity contribution is 5.00. The molecular formula is C12H22N2. The van der Waals surface area contributed by atoms with Gasteiger partial charge >= 0.3 is 0 Å². The fourth-order valence-corrected chi connectivity index (χ4v) is 2.56. The van der Waals surface area contributed by atoms with Crippen molar-refractivity contribution >= 4 is 0 Å². The van der Waals surface area contributed by atoms with Crippen LogP contribution >= 0.6 is 0 Å². The Balaban J connectivity index is 1.96. The Labute approximate surface area is 87.4 Å². The van der Waals surface area contributed by atoms with E-state index in [0.29, 0.717) is 5.54 Å². The van der Waals surface area contributed by atoms with Gasteiger partial charge in [0.15, 0.2) is 0 Å². The zero-order valence-electron chi connectivity index (χ0n) is 9.42. The lowest BCUT2D eigenvalue weighted by Gasteiger charge is -2.33. The SMILES string of the molecule is CC1(C)CN(C2CC=CC2)CCCN1. The van der Waals surface area contributed by atoms with Crippen molar-refractivity contribution in [3.63, 3.8) is 0 Å². The lowest BCUT2D eigenvalue weighted by molar-refractivity contribution is 0.175. The Kier molecular flexibility index (Phi) is 2.93. The van der Waals surface area contributed by atoms with Gasteiger partial charge in [-0.05, 0) is 46.2 Å². The monoisotopic (exact) mass is 194 g/mol. The summed E-state index contributed by atoms with van der Waals surface area (Å²) in [7, 11) is 0. The summed E-state index contributed by atoms with van der Waals surface area (Å²) in [5.41, 5.74) is 0.291. The van der Waals surface area contributed by atoms with Crippen molar-refractivity contribution in [2.24, 2.45) is 0 Å². The first kappa shape index (κ1) is 10.2. The van der Waals surface area contributed by atoms with Crippen LogP contribution in [0.25, 0.3) is 0 Å². The van der Waals surface area contributed by atoms with Crippen LogP contribution in [-0.4, -0.2) is 36.1 Å². The third kappa shape index (κ3) is 2.37. The van der Waals surface area contributed by atoms with E-state index in [9.17, 15) is 0 Å². The molecule has 2 nitrogen and oxygen atoms in total. The van der Waals surface area contributed by atoms with Gasteiger partial charge in [-0.1, -0.05) is 12.2 Å². The van der Waals surface area contributed by atoms with E-state index in [1.807, 2.05) is 0 Å². The number of rotatable bonds is 1. The Bertz CT molecular complexity index is 212. The van der Waals surface area contributed by atoms with Gasteiger partial charge in [-0.3, -0.25) is 4.90 Å². The van der Waals surface area contributed by atoms with Crippen LogP contribution in [0.15, 0.2) is 12.2 Å². The molecule has 0 spiro atoms. The quantitative estimate of drug-likeness (QED) is 0.640. The molecule has 0 radical (unpaired) electrons. The largest absolute Gasteiger partial charge is 0.310 e. The van der Waals surface area contributed by atoms with E-state index in [4.69, 9.17) is 0 Å². The number of hydrogen-bond acceptors (Lipinski definition) is 2. The standard InChI is InChI=1S/C12H22N2/c1-12(2)10-14(9-5-8-13-12)11-6-3-4-7-11/h3-4,11,13H,5-10H2,1-2H3. The molecule has 2 heteroatoms. The lowest BCUT2D eigenvalue weighted by Crippen LogP contribution is -2.48. The second-order valence-electron chi connectivity index (χ2n) is 5.23. The summed E-state index contributed by atoms with van der Waals surface area (Å²) in [5, 5.41) is 3.61. The Hall–Kier alpha value is -0.340. The van der Waals surface area contributed by atoms with Gasteiger partial charge < -0.3 is 5.32 Å². The highest BCUT2D eigenvalue weighted by atomic mass is 15.2. The molecule has 80 valence electrons. The summed E-state index contributed by atoms with van der Waals surface area (Å²) < 4.78 is 0. The highest BCUT2D eigenvalue weighted by Gasteiger charge is 2.28. The maximum atomic E-state index is 3.61. The highest BCUT2D eigenvalue weighted by Crippen LogP contribution is 2.21. The topological polar surface area (TPSA) is 15.3 Å². The molecule has 14 heavy (non-hydrogen) atoms. The van der Waals surface area contributed by atoms with Gasteiger partial charge in [0.25, 0.3) is 0 Å². The van der Waals surface area contributed by atoms with Crippen molar-refractivity contribution in [3.8, 4) is 0 Å². The van der Waals surface area contributed by atoms with Crippen molar-refractivity contribution in [3.05, 3.63) is 12.2 Å². The van der Waals surface area contributed by atoms with Crippen molar-refractivity contribution in [1.29, 1.82) is 0 Å². The van der Waals surface area contributed by atoms with Crippen LogP contribution in [0.5, 0.6) is 0 Å². The van der Waals surface area contributed by atoms with Crippen molar-refractivity contribution in [2.75, 3.05) is 19.6 Å². The molecule has 1 aliphatic heterocycles. The van der Waals surface area contributed by atoms with E-state index in [1.54, 1.807) is 0 Å². The molecule has 0 amide bonds. The van der Waals surface area contributed by atoms with Crippen LogP contribution in [-0.2, 0) is 0 Å². The van der Waals surface area contributed by atoms with E-state index < -0.39 is 0 Å². The summed E-state index contributed by atoms with van der Waals surface area (Å²) in [6, 6.07) is 0.786. The summed E-state index contributed by atoms with van der Waals surface area (Å²) in [4.78, 5) is 2.67. The van der Waals surface area contributed by atoms with Gasteiger partial charge in [0.1, 0.15) is 0 Å². The van der Waals surface area contributed by atoms with Crippen molar-refractivity contribution < 1.29 is 0 Å². The number of nitrogens with one attached hydrogen (secondary N) is 1. The fourth-order valence-electron chi connectivity index (χ4n) is 2.56. The smallest absolute Gasteiger partial charge is 0.0252 e. The Morgan fingerprint density at radius 3 is 2.71 bits per heavy atom. The molecule has 1 fully saturated rings. The van der Waals surface area contributed by atoms with Crippen LogP contribution in [0, 0.1) is 0 Å². The van der Waals surface area contributed by atoms with Crippen LogP contribution in [0.1, 0.15) is 33.1 Å². The van der Waals surface area contributed by atoms with Gasteiger partial charge in [0.2, 0.25) is 0 Å². The fraction of sp³-hybridized carbons (Fsp3) is 0.833.